The molecule has 17 heteroatoms. The number of methoxy groups -OCH3 is 2. The molecule has 298 valence electrons. The molecule has 4 N–H and O–H groups in total. The van der Waals surface area contributed by atoms with E-state index in [2.05, 4.69) is 43.9 Å². The third-order valence-electron chi connectivity index (χ3n) is 10.8. The first kappa shape index (κ1) is 39.2. The fraction of sp³-hybridized carbons (Fsp3) is 0.487. The molecule has 0 bridgehead atoms. The van der Waals surface area contributed by atoms with Crippen LogP contribution in [0, 0.1) is 5.92 Å². The highest BCUT2D eigenvalue weighted by molar-refractivity contribution is 6.33. The minimum atomic E-state index is -0.961. The second-order valence-electron chi connectivity index (χ2n) is 15.4. The maximum atomic E-state index is 13.6. The summed E-state index contributed by atoms with van der Waals surface area (Å²) in [6.45, 7) is 7.57. The molecule has 5 heterocycles. The highest BCUT2D eigenvalue weighted by atomic mass is 35.5. The predicted molar refractivity (Wildman–Crippen MR) is 214 cm³/mol. The number of imidazole rings is 1. The van der Waals surface area contributed by atoms with Crippen LogP contribution < -0.4 is 26.5 Å². The number of benzene rings is 2. The standard InChI is InChI=1S/C39H49ClN10O6/c1-22-20-48(15-13-28(22)42-23-7-9-25-30(17-23)47(4)46-34(25)26-10-12-32(51)44-36(26)52)37-41-19-27(40)35(45-37)43-24-8-11-29-31(18-24)49(16-14-39(2,3)54)38(53)50(29)21-33(55-5)56-6/h7-9,11,17-19,22,26,28,33,42,54H,10,12-16,20-21H2,1-6H3,(H,41,43,45)(H,44,51,52)/t22-,26?,28-/m1/s1. The molecule has 0 aliphatic carbocycles. The van der Waals surface area contributed by atoms with E-state index in [0.717, 1.165) is 23.0 Å². The molecule has 2 amide bonds. The van der Waals surface area contributed by atoms with Crippen molar-refractivity contribution in [1.82, 2.24) is 34.2 Å². The van der Waals surface area contributed by atoms with E-state index in [1.165, 1.54) is 14.2 Å². The quantitative estimate of drug-likeness (QED) is 0.0970. The number of hydrogen-bond donors (Lipinski definition) is 4. The molecule has 2 aliphatic heterocycles. The van der Waals surface area contributed by atoms with Crippen LogP contribution in [-0.4, -0.2) is 91.0 Å². The van der Waals surface area contributed by atoms with Gasteiger partial charge in [0.25, 0.3) is 0 Å². The number of carbonyl (C=O) groups is 2. The molecule has 7 rings (SSSR count). The van der Waals surface area contributed by atoms with Crippen LogP contribution >= 0.6 is 11.6 Å². The van der Waals surface area contributed by atoms with E-state index < -0.39 is 17.8 Å². The summed E-state index contributed by atoms with van der Waals surface area (Å²) in [5, 5.41) is 25.9. The van der Waals surface area contributed by atoms with Crippen LogP contribution in [0.5, 0.6) is 0 Å². The molecule has 0 saturated carbocycles. The highest BCUT2D eigenvalue weighted by Gasteiger charge is 2.32. The zero-order valence-corrected chi connectivity index (χ0v) is 33.3. The number of piperidine rings is 2. The Morgan fingerprint density at radius 2 is 1.79 bits per heavy atom. The van der Waals surface area contributed by atoms with Gasteiger partial charge < -0.3 is 30.1 Å². The van der Waals surface area contributed by atoms with Crippen molar-refractivity contribution in [1.29, 1.82) is 0 Å². The number of anilines is 4. The molecule has 2 aromatic carbocycles. The second-order valence-corrected chi connectivity index (χ2v) is 15.8. The Morgan fingerprint density at radius 1 is 1.04 bits per heavy atom. The Bertz CT molecular complexity index is 2330. The number of halogens is 1. The zero-order valence-electron chi connectivity index (χ0n) is 32.5. The van der Waals surface area contributed by atoms with Crippen LogP contribution in [0.15, 0.2) is 47.4 Å². The molecular formula is C39H49ClN10O6. The topological polar surface area (TPSA) is 183 Å². The van der Waals surface area contributed by atoms with E-state index in [4.69, 9.17) is 26.1 Å². The Balaban J connectivity index is 1.06. The summed E-state index contributed by atoms with van der Waals surface area (Å²) in [7, 11) is 4.93. The summed E-state index contributed by atoms with van der Waals surface area (Å²) in [4.78, 5) is 49.5. The Labute approximate surface area is 329 Å². The predicted octanol–water partition coefficient (Wildman–Crippen LogP) is 4.50. The van der Waals surface area contributed by atoms with Gasteiger partial charge in [0.05, 0.1) is 46.5 Å². The third kappa shape index (κ3) is 8.10. The molecule has 0 radical (unpaired) electrons. The lowest BCUT2D eigenvalue weighted by Gasteiger charge is -2.37. The summed E-state index contributed by atoms with van der Waals surface area (Å²) in [5.41, 5.74) is 3.44. The zero-order chi connectivity index (χ0) is 39.9. The summed E-state index contributed by atoms with van der Waals surface area (Å²) in [5.74, 6) is 0.242. The molecule has 3 atom stereocenters. The van der Waals surface area contributed by atoms with Gasteiger partial charge in [-0.2, -0.15) is 10.1 Å². The summed E-state index contributed by atoms with van der Waals surface area (Å²) in [6.07, 6.45) is 2.95. The monoisotopic (exact) mass is 788 g/mol. The number of imide groups is 1. The van der Waals surface area contributed by atoms with Gasteiger partial charge in [0, 0.05) is 70.1 Å². The first-order valence-electron chi connectivity index (χ1n) is 18.9. The molecule has 1 unspecified atom stereocenters. The van der Waals surface area contributed by atoms with Crippen LogP contribution in [0.1, 0.15) is 58.1 Å². The van der Waals surface area contributed by atoms with Crippen molar-refractivity contribution >= 4 is 68.5 Å². The number of aliphatic hydroxyl groups is 1. The van der Waals surface area contributed by atoms with Gasteiger partial charge in [0.1, 0.15) is 5.02 Å². The van der Waals surface area contributed by atoms with Gasteiger partial charge in [-0.3, -0.25) is 28.7 Å². The van der Waals surface area contributed by atoms with Crippen LogP contribution in [0.4, 0.5) is 23.1 Å². The van der Waals surface area contributed by atoms with Crippen molar-refractivity contribution in [2.24, 2.45) is 13.0 Å². The first-order chi connectivity index (χ1) is 26.7. The minimum absolute atomic E-state index is 0.188. The van der Waals surface area contributed by atoms with Crippen molar-refractivity contribution in [3.05, 3.63) is 63.8 Å². The molecular weight excluding hydrogens is 740 g/mol. The Hall–Kier alpha value is -5.03. The fourth-order valence-corrected chi connectivity index (χ4v) is 7.79. The van der Waals surface area contributed by atoms with Crippen LogP contribution in [0.2, 0.25) is 5.02 Å². The van der Waals surface area contributed by atoms with Crippen LogP contribution in [0.25, 0.3) is 21.9 Å². The van der Waals surface area contributed by atoms with Crippen molar-refractivity contribution < 1.29 is 24.2 Å². The number of amides is 2. The van der Waals surface area contributed by atoms with Gasteiger partial charge in [-0.1, -0.05) is 18.5 Å². The van der Waals surface area contributed by atoms with E-state index in [9.17, 15) is 19.5 Å². The largest absolute Gasteiger partial charge is 0.390 e. The number of rotatable bonds is 13. The molecule has 56 heavy (non-hydrogen) atoms. The number of carbonyl (C=O) groups excluding carboxylic acids is 2. The van der Waals surface area contributed by atoms with E-state index >= 15 is 0 Å². The lowest BCUT2D eigenvalue weighted by Crippen LogP contribution is -2.46. The van der Waals surface area contributed by atoms with Crippen molar-refractivity contribution in [2.75, 3.05) is 42.8 Å². The van der Waals surface area contributed by atoms with Gasteiger partial charge in [-0.05, 0) is 75.4 Å². The number of nitrogens with zero attached hydrogens (tertiary/aromatic N) is 7. The number of aromatic nitrogens is 6. The first-order valence-corrected chi connectivity index (χ1v) is 19.2. The molecule has 0 spiro atoms. The van der Waals surface area contributed by atoms with E-state index in [-0.39, 0.29) is 36.0 Å². The average Bonchev–Trinajstić information content (AvgIpc) is 3.62. The molecule has 3 aromatic heterocycles. The lowest BCUT2D eigenvalue weighted by molar-refractivity contribution is -0.134. The maximum absolute atomic E-state index is 13.6. The number of hydrogen-bond acceptors (Lipinski definition) is 12. The van der Waals surface area contributed by atoms with Crippen LogP contribution in [-0.2, 0) is 39.2 Å². The fourth-order valence-electron chi connectivity index (χ4n) is 7.65. The number of nitrogens with one attached hydrogen (secondary N) is 3. The van der Waals surface area contributed by atoms with Crippen LogP contribution in [0.3, 0.4) is 0 Å². The summed E-state index contributed by atoms with van der Waals surface area (Å²) < 4.78 is 15.8. The average molecular weight is 789 g/mol. The highest BCUT2D eigenvalue weighted by Crippen LogP contribution is 2.33. The molecule has 2 aliphatic rings. The SMILES string of the molecule is COC(Cn1c(=O)n(CCC(C)(C)O)c2cc(Nc3nc(N4CC[C@@H](Nc5ccc6c(C7CCC(=O)NC7=O)nn(C)c6c5)[C@H](C)C4)ncc3Cl)ccc21)OC. The third-order valence-corrected chi connectivity index (χ3v) is 11.1. The number of fused-ring (bicyclic) bond motifs is 2. The van der Waals surface area contributed by atoms with E-state index in [1.54, 1.807) is 33.9 Å². The Kier molecular flexibility index (Phi) is 11.1. The van der Waals surface area contributed by atoms with Crippen molar-refractivity contribution in [3.63, 3.8) is 0 Å². The van der Waals surface area contributed by atoms with Gasteiger partial charge in [0.2, 0.25) is 17.8 Å². The molecule has 16 nitrogen and oxygen atoms in total. The van der Waals surface area contributed by atoms with E-state index in [1.807, 2.05) is 37.4 Å². The van der Waals surface area contributed by atoms with Gasteiger partial charge in [-0.15, -0.1) is 0 Å². The Morgan fingerprint density at radius 3 is 2.50 bits per heavy atom. The van der Waals surface area contributed by atoms with E-state index in [0.29, 0.717) is 78.1 Å². The number of aryl methyl sites for hydroxylation is 2. The lowest BCUT2D eigenvalue weighted by atomic mass is 9.92. The molecule has 2 saturated heterocycles. The normalized spacial score (nSPS) is 19.3. The molecule has 2 fully saturated rings. The van der Waals surface area contributed by atoms with Crippen molar-refractivity contribution in [3.8, 4) is 0 Å². The minimum Gasteiger partial charge on any atom is -0.390 e. The smallest absolute Gasteiger partial charge is 0.329 e. The van der Waals surface area contributed by atoms with Crippen molar-refractivity contribution in [2.45, 2.75) is 83.4 Å². The second kappa shape index (κ2) is 15.8. The maximum Gasteiger partial charge on any atom is 0.329 e. The van der Waals surface area contributed by atoms with Gasteiger partial charge in [0.15, 0.2) is 12.1 Å². The van der Waals surface area contributed by atoms with Gasteiger partial charge in [-0.25, -0.2) is 9.78 Å². The molecule has 5 aromatic rings. The number of ether oxygens (including phenoxy) is 2. The van der Waals surface area contributed by atoms with Gasteiger partial charge >= 0.3 is 5.69 Å². The summed E-state index contributed by atoms with van der Waals surface area (Å²) >= 11 is 6.64. The summed E-state index contributed by atoms with van der Waals surface area (Å²) in [6, 6.07) is 11.9.